The number of halogens is 2. The number of nitrogen functional groups attached to an aromatic ring is 1. The van der Waals surface area contributed by atoms with Gasteiger partial charge in [0.15, 0.2) is 0 Å². The zero-order valence-corrected chi connectivity index (χ0v) is 11.4. The van der Waals surface area contributed by atoms with E-state index in [9.17, 15) is 0 Å². The summed E-state index contributed by atoms with van der Waals surface area (Å²) in [5.41, 5.74) is 7.62. The standard InChI is InChI=1S/C12H18Cl2N2/c1-4-8(3)16(5-2)12-7-10(14)9(13)6-11(12)15/h6-8H,4-5,15H2,1-3H3. The molecule has 1 atom stereocenters. The van der Waals surface area contributed by atoms with Crippen LogP contribution in [-0.2, 0) is 0 Å². The molecule has 90 valence electrons. The Morgan fingerprint density at radius 3 is 2.31 bits per heavy atom. The lowest BCUT2D eigenvalue weighted by Crippen LogP contribution is -2.32. The molecule has 0 amide bonds. The fourth-order valence-electron chi connectivity index (χ4n) is 1.74. The average Bonchev–Trinajstić information content (AvgIpc) is 2.26. The van der Waals surface area contributed by atoms with Crippen molar-refractivity contribution in [3.8, 4) is 0 Å². The first-order chi connectivity index (χ1) is 7.51. The third kappa shape index (κ3) is 2.74. The minimum absolute atomic E-state index is 0.435. The average molecular weight is 261 g/mol. The van der Waals surface area contributed by atoms with Crippen molar-refractivity contribution in [3.63, 3.8) is 0 Å². The highest BCUT2D eigenvalue weighted by Crippen LogP contribution is 2.34. The molecule has 0 aromatic heterocycles. The Morgan fingerprint density at radius 1 is 1.25 bits per heavy atom. The van der Waals surface area contributed by atoms with E-state index in [-0.39, 0.29) is 0 Å². The van der Waals surface area contributed by atoms with Gasteiger partial charge in [-0.25, -0.2) is 0 Å². The Labute approximate surface area is 107 Å². The Kier molecular flexibility index (Phi) is 4.75. The largest absolute Gasteiger partial charge is 0.397 e. The molecular weight excluding hydrogens is 243 g/mol. The summed E-state index contributed by atoms with van der Waals surface area (Å²) in [5.74, 6) is 0. The van der Waals surface area contributed by atoms with Crippen molar-refractivity contribution < 1.29 is 0 Å². The molecule has 0 aliphatic heterocycles. The van der Waals surface area contributed by atoms with E-state index < -0.39 is 0 Å². The number of nitrogens with zero attached hydrogens (tertiary/aromatic N) is 1. The van der Waals surface area contributed by atoms with Gasteiger partial charge in [0, 0.05) is 12.6 Å². The van der Waals surface area contributed by atoms with Gasteiger partial charge in [-0.1, -0.05) is 30.1 Å². The van der Waals surface area contributed by atoms with Gasteiger partial charge in [-0.3, -0.25) is 0 Å². The van der Waals surface area contributed by atoms with E-state index in [4.69, 9.17) is 28.9 Å². The van der Waals surface area contributed by atoms with E-state index in [2.05, 4.69) is 25.7 Å². The zero-order chi connectivity index (χ0) is 12.3. The van der Waals surface area contributed by atoms with Crippen molar-refractivity contribution in [1.29, 1.82) is 0 Å². The number of hydrogen-bond donors (Lipinski definition) is 1. The molecule has 1 aromatic rings. The predicted molar refractivity (Wildman–Crippen MR) is 73.6 cm³/mol. The number of benzene rings is 1. The Bertz CT molecular complexity index is 366. The molecule has 0 heterocycles. The molecule has 0 bridgehead atoms. The van der Waals surface area contributed by atoms with Gasteiger partial charge in [0.1, 0.15) is 0 Å². The fraction of sp³-hybridized carbons (Fsp3) is 0.500. The topological polar surface area (TPSA) is 29.3 Å². The minimum atomic E-state index is 0.435. The molecule has 4 heteroatoms. The molecule has 0 aliphatic carbocycles. The second-order valence-corrected chi connectivity index (χ2v) is 4.68. The van der Waals surface area contributed by atoms with Gasteiger partial charge in [0.25, 0.3) is 0 Å². The highest BCUT2D eigenvalue weighted by molar-refractivity contribution is 6.42. The summed E-state index contributed by atoms with van der Waals surface area (Å²) in [7, 11) is 0. The van der Waals surface area contributed by atoms with Crippen LogP contribution in [0, 0.1) is 0 Å². The van der Waals surface area contributed by atoms with Crippen molar-refractivity contribution in [2.24, 2.45) is 0 Å². The van der Waals surface area contributed by atoms with Crippen LogP contribution in [0.3, 0.4) is 0 Å². The highest BCUT2D eigenvalue weighted by atomic mass is 35.5. The van der Waals surface area contributed by atoms with Gasteiger partial charge in [-0.2, -0.15) is 0 Å². The van der Waals surface area contributed by atoms with E-state index in [1.807, 2.05) is 6.07 Å². The molecule has 1 rings (SSSR count). The second-order valence-electron chi connectivity index (χ2n) is 3.87. The lowest BCUT2D eigenvalue weighted by atomic mass is 10.1. The van der Waals surface area contributed by atoms with Gasteiger partial charge in [0.05, 0.1) is 21.4 Å². The summed E-state index contributed by atoms with van der Waals surface area (Å²) in [6, 6.07) is 3.99. The smallest absolute Gasteiger partial charge is 0.0618 e. The van der Waals surface area contributed by atoms with Crippen LogP contribution in [0.5, 0.6) is 0 Å². The van der Waals surface area contributed by atoms with E-state index in [1.165, 1.54) is 0 Å². The fourth-order valence-corrected chi connectivity index (χ4v) is 2.07. The molecule has 1 unspecified atom stereocenters. The zero-order valence-electron chi connectivity index (χ0n) is 9.93. The predicted octanol–water partition coefficient (Wildman–Crippen LogP) is 4.20. The second kappa shape index (κ2) is 5.65. The number of nitrogens with two attached hydrogens (primary N) is 1. The maximum absolute atomic E-state index is 6.02. The van der Waals surface area contributed by atoms with Crippen LogP contribution in [0.2, 0.25) is 10.0 Å². The highest BCUT2D eigenvalue weighted by Gasteiger charge is 2.15. The summed E-state index contributed by atoms with van der Waals surface area (Å²) in [5, 5.41) is 1.05. The van der Waals surface area contributed by atoms with Crippen molar-refractivity contribution in [3.05, 3.63) is 22.2 Å². The molecule has 0 aliphatic rings. The van der Waals surface area contributed by atoms with Crippen LogP contribution in [0.4, 0.5) is 11.4 Å². The summed E-state index contributed by atoms with van der Waals surface area (Å²) in [6.45, 7) is 7.33. The molecule has 0 saturated heterocycles. The van der Waals surface area contributed by atoms with Crippen LogP contribution in [0.25, 0.3) is 0 Å². The van der Waals surface area contributed by atoms with Gasteiger partial charge < -0.3 is 10.6 Å². The molecule has 16 heavy (non-hydrogen) atoms. The monoisotopic (exact) mass is 260 g/mol. The normalized spacial score (nSPS) is 12.6. The maximum Gasteiger partial charge on any atom is 0.0618 e. The third-order valence-corrected chi connectivity index (χ3v) is 3.56. The quantitative estimate of drug-likeness (QED) is 0.823. The van der Waals surface area contributed by atoms with E-state index in [0.29, 0.717) is 21.8 Å². The molecule has 0 saturated carbocycles. The molecule has 1 aromatic carbocycles. The Morgan fingerprint density at radius 2 is 1.81 bits per heavy atom. The number of anilines is 2. The summed E-state index contributed by atoms with van der Waals surface area (Å²) >= 11 is 11.9. The Balaban J connectivity index is 3.15. The molecule has 2 N–H and O–H groups in total. The molecule has 0 radical (unpaired) electrons. The van der Waals surface area contributed by atoms with E-state index in [1.54, 1.807) is 6.07 Å². The van der Waals surface area contributed by atoms with Gasteiger partial charge >= 0.3 is 0 Å². The van der Waals surface area contributed by atoms with Crippen molar-refractivity contribution in [1.82, 2.24) is 0 Å². The lowest BCUT2D eigenvalue weighted by molar-refractivity contribution is 0.631. The van der Waals surface area contributed by atoms with Crippen LogP contribution < -0.4 is 10.6 Å². The lowest BCUT2D eigenvalue weighted by Gasteiger charge is -2.30. The molecular formula is C12H18Cl2N2. The summed E-state index contributed by atoms with van der Waals surface area (Å²) < 4.78 is 0. The van der Waals surface area contributed by atoms with Crippen LogP contribution in [0.1, 0.15) is 27.2 Å². The van der Waals surface area contributed by atoms with Gasteiger partial charge in [-0.05, 0) is 32.4 Å². The van der Waals surface area contributed by atoms with Crippen molar-refractivity contribution in [2.75, 3.05) is 17.2 Å². The van der Waals surface area contributed by atoms with Crippen LogP contribution in [-0.4, -0.2) is 12.6 Å². The summed E-state index contributed by atoms with van der Waals surface area (Å²) in [6.07, 6.45) is 1.06. The first kappa shape index (κ1) is 13.5. The van der Waals surface area contributed by atoms with E-state index in [0.717, 1.165) is 18.7 Å². The third-order valence-electron chi connectivity index (χ3n) is 2.84. The number of rotatable bonds is 4. The SMILES string of the molecule is CCC(C)N(CC)c1cc(Cl)c(Cl)cc1N. The van der Waals surface area contributed by atoms with Gasteiger partial charge in [-0.15, -0.1) is 0 Å². The first-order valence-corrected chi connectivity index (χ1v) is 6.28. The van der Waals surface area contributed by atoms with Crippen LogP contribution in [0.15, 0.2) is 12.1 Å². The molecule has 0 spiro atoms. The van der Waals surface area contributed by atoms with Crippen molar-refractivity contribution in [2.45, 2.75) is 33.2 Å². The van der Waals surface area contributed by atoms with E-state index >= 15 is 0 Å². The Hall–Kier alpha value is -0.600. The first-order valence-electron chi connectivity index (χ1n) is 5.52. The minimum Gasteiger partial charge on any atom is -0.397 e. The summed E-state index contributed by atoms with van der Waals surface area (Å²) in [4.78, 5) is 2.23. The maximum atomic E-state index is 6.02. The van der Waals surface area contributed by atoms with Crippen molar-refractivity contribution >= 4 is 34.6 Å². The number of hydrogen-bond acceptors (Lipinski definition) is 2. The van der Waals surface area contributed by atoms with Crippen LogP contribution >= 0.6 is 23.2 Å². The molecule has 0 fully saturated rings. The van der Waals surface area contributed by atoms with Gasteiger partial charge in [0.2, 0.25) is 0 Å². The molecule has 2 nitrogen and oxygen atoms in total.